The third-order valence-electron chi connectivity index (χ3n) is 3.14. The van der Waals surface area contributed by atoms with Crippen molar-refractivity contribution in [3.05, 3.63) is 22.2 Å². The molecule has 0 aliphatic carbocycles. The molecule has 1 aromatic rings. The first-order valence-electron chi connectivity index (χ1n) is 5.95. The molecule has 6 heteroatoms. The van der Waals surface area contributed by atoms with Crippen molar-refractivity contribution in [3.63, 3.8) is 0 Å². The Hall–Kier alpha value is -1.27. The van der Waals surface area contributed by atoms with Crippen LogP contribution in [0.5, 0.6) is 11.5 Å². The highest BCUT2D eigenvalue weighted by Gasteiger charge is 2.26. The number of β-amino-alcohol motifs (C(OH)–C–C–N with tert-alkyl or cyclic N) is 1. The average molecular weight is 330 g/mol. The summed E-state index contributed by atoms with van der Waals surface area (Å²) in [6.07, 6.45) is 0.194. The van der Waals surface area contributed by atoms with Gasteiger partial charge in [0.05, 0.1) is 20.3 Å². The van der Waals surface area contributed by atoms with Crippen molar-refractivity contribution in [3.8, 4) is 11.5 Å². The molecule has 0 bridgehead atoms. The summed E-state index contributed by atoms with van der Waals surface area (Å²) in [7, 11) is 3.07. The number of hydrogen-bond donors (Lipinski definition) is 1. The predicted molar refractivity (Wildman–Crippen MR) is 73.8 cm³/mol. The fourth-order valence-corrected chi connectivity index (χ4v) is 2.65. The number of aliphatic hydroxyl groups excluding tert-OH is 1. The Labute approximate surface area is 120 Å². The van der Waals surface area contributed by atoms with Crippen LogP contribution in [-0.4, -0.2) is 49.3 Å². The van der Waals surface area contributed by atoms with Crippen LogP contribution in [-0.2, 0) is 0 Å². The monoisotopic (exact) mass is 329 g/mol. The number of nitrogens with zero attached hydrogens (tertiary/aromatic N) is 1. The summed E-state index contributed by atoms with van der Waals surface area (Å²) in [4.78, 5) is 14.0. The zero-order valence-corrected chi connectivity index (χ0v) is 12.4. The zero-order chi connectivity index (χ0) is 14.0. The quantitative estimate of drug-likeness (QED) is 0.916. The third kappa shape index (κ3) is 2.84. The molecule has 1 aliphatic rings. The van der Waals surface area contributed by atoms with E-state index in [0.29, 0.717) is 41.0 Å². The van der Waals surface area contributed by atoms with Gasteiger partial charge >= 0.3 is 0 Å². The van der Waals surface area contributed by atoms with Crippen LogP contribution in [0.15, 0.2) is 16.6 Å². The largest absolute Gasteiger partial charge is 0.495 e. The number of carbonyl (C=O) groups is 1. The van der Waals surface area contributed by atoms with Crippen LogP contribution in [0.2, 0.25) is 0 Å². The molecule has 0 saturated carbocycles. The van der Waals surface area contributed by atoms with Gasteiger partial charge in [0, 0.05) is 18.7 Å². The topological polar surface area (TPSA) is 59.0 Å². The van der Waals surface area contributed by atoms with Crippen molar-refractivity contribution >= 4 is 21.8 Å². The average Bonchev–Trinajstić information content (AvgIpc) is 2.85. The lowest BCUT2D eigenvalue weighted by Gasteiger charge is -2.17. The maximum atomic E-state index is 12.3. The van der Waals surface area contributed by atoms with E-state index in [4.69, 9.17) is 9.47 Å². The number of benzene rings is 1. The van der Waals surface area contributed by atoms with Crippen molar-refractivity contribution in [1.82, 2.24) is 4.90 Å². The van der Waals surface area contributed by atoms with Crippen LogP contribution in [0.3, 0.4) is 0 Å². The molecule has 1 N–H and O–H groups in total. The number of amides is 1. The Morgan fingerprint density at radius 2 is 1.95 bits per heavy atom. The highest BCUT2D eigenvalue weighted by atomic mass is 79.9. The van der Waals surface area contributed by atoms with Gasteiger partial charge in [-0.2, -0.15) is 0 Å². The SMILES string of the molecule is COc1cc(C(=O)N2CC[C@@H](O)C2)cc(OC)c1Br. The van der Waals surface area contributed by atoms with E-state index < -0.39 is 6.10 Å². The predicted octanol–water partition coefficient (Wildman–Crippen LogP) is 1.67. The van der Waals surface area contributed by atoms with Gasteiger partial charge in [-0.3, -0.25) is 4.79 Å². The van der Waals surface area contributed by atoms with Gasteiger partial charge in [0.25, 0.3) is 5.91 Å². The van der Waals surface area contributed by atoms with Gasteiger partial charge < -0.3 is 19.5 Å². The third-order valence-corrected chi connectivity index (χ3v) is 3.92. The molecular weight excluding hydrogens is 314 g/mol. The van der Waals surface area contributed by atoms with Crippen molar-refractivity contribution < 1.29 is 19.4 Å². The Bertz CT molecular complexity index is 467. The highest BCUT2D eigenvalue weighted by molar-refractivity contribution is 9.10. The first kappa shape index (κ1) is 14.1. The summed E-state index contributed by atoms with van der Waals surface area (Å²) < 4.78 is 11.1. The molecular formula is C13H16BrNO4. The van der Waals surface area contributed by atoms with Crippen molar-refractivity contribution in [2.24, 2.45) is 0 Å². The standard InChI is InChI=1S/C13H16BrNO4/c1-18-10-5-8(6-11(19-2)12(10)14)13(17)15-4-3-9(16)7-15/h5-6,9,16H,3-4,7H2,1-2H3/t9-/m1/s1. The van der Waals surface area contributed by atoms with Crippen LogP contribution in [0, 0.1) is 0 Å². The minimum absolute atomic E-state index is 0.124. The lowest BCUT2D eigenvalue weighted by Crippen LogP contribution is -2.29. The number of carbonyl (C=O) groups excluding carboxylic acids is 1. The lowest BCUT2D eigenvalue weighted by atomic mass is 10.1. The second-order valence-corrected chi connectivity index (χ2v) is 5.18. The fraction of sp³-hybridized carbons (Fsp3) is 0.462. The van der Waals surface area contributed by atoms with Gasteiger partial charge in [0.15, 0.2) is 0 Å². The number of hydrogen-bond acceptors (Lipinski definition) is 4. The Balaban J connectivity index is 2.31. The van der Waals surface area contributed by atoms with Crippen LogP contribution >= 0.6 is 15.9 Å². The summed E-state index contributed by atoms with van der Waals surface area (Å²) in [6, 6.07) is 3.33. The van der Waals surface area contributed by atoms with Crippen molar-refractivity contribution in [1.29, 1.82) is 0 Å². The molecule has 0 radical (unpaired) electrons. The normalized spacial score (nSPS) is 18.5. The van der Waals surface area contributed by atoms with E-state index in [2.05, 4.69) is 15.9 Å². The molecule has 104 valence electrons. The zero-order valence-electron chi connectivity index (χ0n) is 10.9. The summed E-state index contributed by atoms with van der Waals surface area (Å²) in [5, 5.41) is 9.49. The number of halogens is 1. The van der Waals surface area contributed by atoms with E-state index >= 15 is 0 Å². The molecule has 1 aromatic carbocycles. The van der Waals surface area contributed by atoms with E-state index in [0.717, 1.165) is 0 Å². The van der Waals surface area contributed by atoms with Crippen LogP contribution < -0.4 is 9.47 Å². The summed E-state index contributed by atoms with van der Waals surface area (Å²) >= 11 is 3.36. The Morgan fingerprint density at radius 1 is 1.37 bits per heavy atom. The van der Waals surface area contributed by atoms with E-state index in [-0.39, 0.29) is 5.91 Å². The fourth-order valence-electron chi connectivity index (χ4n) is 2.10. The minimum Gasteiger partial charge on any atom is -0.495 e. The van der Waals surface area contributed by atoms with E-state index in [1.807, 2.05) is 0 Å². The second kappa shape index (κ2) is 5.79. The van der Waals surface area contributed by atoms with Crippen LogP contribution in [0.25, 0.3) is 0 Å². The molecule has 2 rings (SSSR count). The molecule has 0 spiro atoms. The molecule has 1 fully saturated rings. The van der Waals surface area contributed by atoms with Crippen molar-refractivity contribution in [2.45, 2.75) is 12.5 Å². The second-order valence-electron chi connectivity index (χ2n) is 4.39. The molecule has 0 aromatic heterocycles. The molecule has 1 atom stereocenters. The van der Waals surface area contributed by atoms with Gasteiger partial charge in [-0.25, -0.2) is 0 Å². The maximum absolute atomic E-state index is 12.3. The number of likely N-dealkylation sites (tertiary alicyclic amines) is 1. The van der Waals surface area contributed by atoms with E-state index in [9.17, 15) is 9.90 Å². The molecule has 5 nitrogen and oxygen atoms in total. The first-order valence-corrected chi connectivity index (χ1v) is 6.75. The van der Waals surface area contributed by atoms with Crippen LogP contribution in [0.1, 0.15) is 16.8 Å². The molecule has 0 unspecified atom stereocenters. The first-order chi connectivity index (χ1) is 9.06. The Kier molecular flexibility index (Phi) is 4.31. The van der Waals surface area contributed by atoms with E-state index in [1.165, 1.54) is 14.2 Å². The summed E-state index contributed by atoms with van der Waals surface area (Å²) in [5.41, 5.74) is 0.492. The van der Waals surface area contributed by atoms with Gasteiger partial charge in [-0.1, -0.05) is 0 Å². The molecule has 19 heavy (non-hydrogen) atoms. The number of rotatable bonds is 3. The molecule has 1 aliphatic heterocycles. The van der Waals surface area contributed by atoms with Gasteiger partial charge in [-0.15, -0.1) is 0 Å². The van der Waals surface area contributed by atoms with Gasteiger partial charge in [-0.05, 0) is 34.5 Å². The number of methoxy groups -OCH3 is 2. The maximum Gasteiger partial charge on any atom is 0.254 e. The molecule has 1 amide bonds. The van der Waals surface area contributed by atoms with Gasteiger partial charge in [0.2, 0.25) is 0 Å². The van der Waals surface area contributed by atoms with Gasteiger partial charge in [0.1, 0.15) is 16.0 Å². The minimum atomic E-state index is -0.428. The Morgan fingerprint density at radius 3 is 2.37 bits per heavy atom. The smallest absolute Gasteiger partial charge is 0.254 e. The lowest BCUT2D eigenvalue weighted by molar-refractivity contribution is 0.0764. The molecule has 1 saturated heterocycles. The summed E-state index contributed by atoms with van der Waals surface area (Å²) in [6.45, 7) is 0.945. The van der Waals surface area contributed by atoms with Crippen molar-refractivity contribution in [2.75, 3.05) is 27.3 Å². The van der Waals surface area contributed by atoms with Crippen LogP contribution in [0.4, 0.5) is 0 Å². The number of aliphatic hydroxyl groups is 1. The summed E-state index contributed by atoms with van der Waals surface area (Å²) in [5.74, 6) is 0.963. The highest BCUT2D eigenvalue weighted by Crippen LogP contribution is 2.36. The number of ether oxygens (including phenoxy) is 2. The molecule has 1 heterocycles. The van der Waals surface area contributed by atoms with E-state index in [1.54, 1.807) is 17.0 Å².